The molecular weight excluding hydrogens is 382 g/mol. The van der Waals surface area contributed by atoms with Gasteiger partial charge in [-0.25, -0.2) is 4.98 Å². The highest BCUT2D eigenvalue weighted by Gasteiger charge is 2.10. The van der Waals surface area contributed by atoms with Gasteiger partial charge in [-0.3, -0.25) is 4.79 Å². The number of unbranched alkanes of at least 4 members (excludes halogenated alkanes) is 7. The molecule has 164 valence electrons. The normalized spacial score (nSPS) is 11.4. The first-order chi connectivity index (χ1) is 15.3. The molecule has 2 aromatic carbocycles. The Kier molecular flexibility index (Phi) is 9.36. The van der Waals surface area contributed by atoms with Gasteiger partial charge in [-0.1, -0.05) is 94.3 Å². The summed E-state index contributed by atoms with van der Waals surface area (Å²) in [5.74, 6) is 0.820. The van der Waals surface area contributed by atoms with Crippen LogP contribution in [0.2, 0.25) is 0 Å². The SMILES string of the molecule is CCCCCCCCCCn1c(CNC(=O)/C=C\c2ccccc2)nc2ccccc21. The molecule has 4 nitrogen and oxygen atoms in total. The van der Waals surface area contributed by atoms with E-state index in [0.717, 1.165) is 35.4 Å². The fraction of sp³-hybridized carbons (Fsp3) is 0.407. The summed E-state index contributed by atoms with van der Waals surface area (Å²) in [5.41, 5.74) is 3.15. The third kappa shape index (κ3) is 7.39. The van der Waals surface area contributed by atoms with Crippen LogP contribution in [0.5, 0.6) is 0 Å². The second-order valence-electron chi connectivity index (χ2n) is 8.11. The lowest BCUT2D eigenvalue weighted by atomic mass is 10.1. The lowest BCUT2D eigenvalue weighted by molar-refractivity contribution is -0.116. The molecule has 0 saturated heterocycles. The lowest BCUT2D eigenvalue weighted by Gasteiger charge is -2.10. The van der Waals surface area contributed by atoms with E-state index in [9.17, 15) is 4.79 Å². The Hall–Kier alpha value is -2.88. The van der Waals surface area contributed by atoms with E-state index in [0.29, 0.717) is 6.54 Å². The number of hydrogen-bond donors (Lipinski definition) is 1. The summed E-state index contributed by atoms with van der Waals surface area (Å²) in [5, 5.41) is 2.99. The molecule has 0 unspecified atom stereocenters. The summed E-state index contributed by atoms with van der Waals surface area (Å²) in [6.07, 6.45) is 13.8. The Morgan fingerprint density at radius 3 is 2.35 bits per heavy atom. The summed E-state index contributed by atoms with van der Waals surface area (Å²) in [6.45, 7) is 3.64. The zero-order chi connectivity index (χ0) is 21.7. The number of aryl methyl sites for hydroxylation is 1. The number of nitrogens with one attached hydrogen (secondary N) is 1. The summed E-state index contributed by atoms with van der Waals surface area (Å²) >= 11 is 0. The third-order valence-corrected chi connectivity index (χ3v) is 5.62. The molecule has 0 aliphatic heterocycles. The minimum Gasteiger partial charge on any atom is -0.345 e. The summed E-state index contributed by atoms with van der Waals surface area (Å²) in [7, 11) is 0. The van der Waals surface area contributed by atoms with E-state index in [1.807, 2.05) is 48.5 Å². The van der Waals surface area contributed by atoms with Gasteiger partial charge in [-0.15, -0.1) is 0 Å². The number of imidazole rings is 1. The molecule has 4 heteroatoms. The molecule has 0 spiro atoms. The number of nitrogens with zero attached hydrogens (tertiary/aromatic N) is 2. The van der Waals surface area contributed by atoms with Crippen molar-refractivity contribution < 1.29 is 4.79 Å². The van der Waals surface area contributed by atoms with Gasteiger partial charge in [-0.05, 0) is 30.2 Å². The van der Waals surface area contributed by atoms with Crippen molar-refractivity contribution in [2.24, 2.45) is 0 Å². The number of carbonyl (C=O) groups is 1. The monoisotopic (exact) mass is 417 g/mol. The minimum absolute atomic E-state index is 0.102. The van der Waals surface area contributed by atoms with Crippen LogP contribution in [0.4, 0.5) is 0 Å². The summed E-state index contributed by atoms with van der Waals surface area (Å²) < 4.78 is 2.27. The number of hydrogen-bond acceptors (Lipinski definition) is 2. The van der Waals surface area contributed by atoms with Crippen molar-refractivity contribution in [3.63, 3.8) is 0 Å². The zero-order valence-electron chi connectivity index (χ0n) is 18.7. The Balaban J connectivity index is 1.53. The van der Waals surface area contributed by atoms with Crippen LogP contribution in [0.3, 0.4) is 0 Å². The van der Waals surface area contributed by atoms with E-state index in [4.69, 9.17) is 4.98 Å². The minimum atomic E-state index is -0.102. The fourth-order valence-electron chi connectivity index (χ4n) is 3.87. The molecule has 1 heterocycles. The van der Waals surface area contributed by atoms with Crippen molar-refractivity contribution in [3.8, 4) is 0 Å². The first-order valence-corrected chi connectivity index (χ1v) is 11.7. The topological polar surface area (TPSA) is 46.9 Å². The van der Waals surface area contributed by atoms with E-state index in [1.54, 1.807) is 6.08 Å². The largest absolute Gasteiger partial charge is 0.345 e. The van der Waals surface area contributed by atoms with Crippen LogP contribution in [0.15, 0.2) is 60.7 Å². The molecule has 1 amide bonds. The van der Waals surface area contributed by atoms with E-state index < -0.39 is 0 Å². The van der Waals surface area contributed by atoms with Crippen LogP contribution >= 0.6 is 0 Å². The molecule has 0 aliphatic carbocycles. The average Bonchev–Trinajstić information content (AvgIpc) is 3.16. The molecule has 0 saturated carbocycles. The van der Waals surface area contributed by atoms with Gasteiger partial charge in [-0.2, -0.15) is 0 Å². The van der Waals surface area contributed by atoms with E-state index in [1.165, 1.54) is 44.9 Å². The maximum atomic E-state index is 12.3. The molecule has 1 aromatic heterocycles. The average molecular weight is 418 g/mol. The predicted octanol–water partition coefficient (Wildman–Crippen LogP) is 6.51. The van der Waals surface area contributed by atoms with Gasteiger partial charge in [0.2, 0.25) is 5.91 Å². The predicted molar refractivity (Wildman–Crippen MR) is 130 cm³/mol. The first-order valence-electron chi connectivity index (χ1n) is 11.7. The van der Waals surface area contributed by atoms with Gasteiger partial charge in [0.1, 0.15) is 5.82 Å². The van der Waals surface area contributed by atoms with Crippen molar-refractivity contribution >= 4 is 23.0 Å². The highest BCUT2D eigenvalue weighted by Crippen LogP contribution is 2.18. The highest BCUT2D eigenvalue weighted by molar-refractivity contribution is 5.91. The van der Waals surface area contributed by atoms with Gasteiger partial charge in [0.25, 0.3) is 0 Å². The molecular formula is C27H35N3O. The van der Waals surface area contributed by atoms with Crippen molar-refractivity contribution in [2.75, 3.05) is 0 Å². The van der Waals surface area contributed by atoms with Crippen LogP contribution < -0.4 is 5.32 Å². The number of aromatic nitrogens is 2. The molecule has 1 N–H and O–H groups in total. The standard InChI is InChI=1S/C27H35N3O/c1-2-3-4-5-6-7-8-14-21-30-25-18-13-12-17-24(25)29-26(30)22-28-27(31)20-19-23-15-10-9-11-16-23/h9-13,15-20H,2-8,14,21-22H2,1H3,(H,28,31)/b20-19-. The van der Waals surface area contributed by atoms with Crippen LogP contribution in [0.25, 0.3) is 17.1 Å². The van der Waals surface area contributed by atoms with E-state index >= 15 is 0 Å². The Labute approximate surface area is 186 Å². The van der Waals surface area contributed by atoms with Crippen LogP contribution in [-0.4, -0.2) is 15.5 Å². The number of carbonyl (C=O) groups excluding carboxylic acids is 1. The summed E-state index contributed by atoms with van der Waals surface area (Å²) in [6, 6.07) is 18.1. The van der Waals surface area contributed by atoms with Gasteiger partial charge in [0, 0.05) is 12.6 Å². The Morgan fingerprint density at radius 1 is 0.903 bits per heavy atom. The molecule has 3 aromatic rings. The van der Waals surface area contributed by atoms with Crippen LogP contribution in [0, 0.1) is 0 Å². The van der Waals surface area contributed by atoms with E-state index in [2.05, 4.69) is 28.9 Å². The fourth-order valence-corrected chi connectivity index (χ4v) is 3.87. The van der Waals surface area contributed by atoms with Crippen molar-refractivity contribution in [1.82, 2.24) is 14.9 Å². The number of para-hydroxylation sites is 2. The van der Waals surface area contributed by atoms with Crippen molar-refractivity contribution in [1.29, 1.82) is 0 Å². The lowest BCUT2D eigenvalue weighted by Crippen LogP contribution is -2.22. The molecule has 0 fully saturated rings. The quantitative estimate of drug-likeness (QED) is 0.255. The first kappa shape index (κ1) is 22.8. The second kappa shape index (κ2) is 12.7. The van der Waals surface area contributed by atoms with Crippen molar-refractivity contribution in [3.05, 3.63) is 72.1 Å². The number of amides is 1. The molecule has 31 heavy (non-hydrogen) atoms. The van der Waals surface area contributed by atoms with E-state index in [-0.39, 0.29) is 5.91 Å². The molecule has 3 rings (SSSR count). The van der Waals surface area contributed by atoms with Gasteiger partial charge >= 0.3 is 0 Å². The maximum Gasteiger partial charge on any atom is 0.244 e. The smallest absolute Gasteiger partial charge is 0.244 e. The molecule has 0 atom stereocenters. The van der Waals surface area contributed by atoms with Gasteiger partial charge in [0.15, 0.2) is 0 Å². The van der Waals surface area contributed by atoms with Gasteiger partial charge < -0.3 is 9.88 Å². The van der Waals surface area contributed by atoms with Gasteiger partial charge in [0.05, 0.1) is 17.6 Å². The Bertz CT molecular complexity index is 959. The third-order valence-electron chi connectivity index (χ3n) is 5.62. The Morgan fingerprint density at radius 2 is 1.58 bits per heavy atom. The van der Waals surface area contributed by atoms with Crippen LogP contribution in [-0.2, 0) is 17.9 Å². The summed E-state index contributed by atoms with van der Waals surface area (Å²) in [4.78, 5) is 17.1. The maximum absolute atomic E-state index is 12.3. The second-order valence-corrected chi connectivity index (χ2v) is 8.11. The highest BCUT2D eigenvalue weighted by atomic mass is 16.1. The van der Waals surface area contributed by atoms with Crippen molar-refractivity contribution in [2.45, 2.75) is 71.4 Å². The molecule has 0 aliphatic rings. The zero-order valence-corrected chi connectivity index (χ0v) is 18.7. The number of fused-ring (bicyclic) bond motifs is 1. The molecule has 0 bridgehead atoms. The van der Waals surface area contributed by atoms with Crippen LogP contribution in [0.1, 0.15) is 69.7 Å². The number of rotatable bonds is 13. The number of benzene rings is 2. The molecule has 0 radical (unpaired) electrons.